The molecule has 3 aromatic rings. The molecule has 2 aromatic carbocycles. The third-order valence-electron chi connectivity index (χ3n) is 3.63. The minimum Gasteiger partial charge on any atom is -0.360 e. The van der Waals surface area contributed by atoms with Crippen LogP contribution < -0.4 is 10.9 Å². The molecule has 0 saturated heterocycles. The molecule has 3 rings (SSSR count). The highest BCUT2D eigenvalue weighted by Crippen LogP contribution is 2.25. The number of amides is 1. The Morgan fingerprint density at radius 1 is 1.12 bits per heavy atom. The Hall–Kier alpha value is -2.79. The summed E-state index contributed by atoms with van der Waals surface area (Å²) in [4.78, 5) is 12.5. The number of hydrogen-bond acceptors (Lipinski definition) is 4. The largest absolute Gasteiger partial charge is 0.360 e. The van der Waals surface area contributed by atoms with Crippen molar-refractivity contribution < 1.29 is 9.32 Å². The predicted octanol–water partition coefficient (Wildman–Crippen LogP) is 4.37. The molecule has 1 heterocycles. The van der Waals surface area contributed by atoms with Crippen LogP contribution in [0.2, 0.25) is 5.02 Å². The van der Waals surface area contributed by atoms with Crippen LogP contribution in [0.15, 0.2) is 53.1 Å². The van der Waals surface area contributed by atoms with Gasteiger partial charge in [-0.05, 0) is 31.5 Å². The number of nitrogens with one attached hydrogen (secondary N) is 2. The average molecular weight is 342 g/mol. The van der Waals surface area contributed by atoms with Gasteiger partial charge in [0.2, 0.25) is 0 Å². The van der Waals surface area contributed by atoms with Crippen molar-refractivity contribution in [2.45, 2.75) is 13.8 Å². The molecule has 5 nitrogen and oxygen atoms in total. The number of benzene rings is 2. The molecule has 0 atom stereocenters. The molecular weight excluding hydrogens is 326 g/mol. The monoisotopic (exact) mass is 341 g/mol. The van der Waals surface area contributed by atoms with Crippen LogP contribution >= 0.6 is 11.6 Å². The molecule has 0 aliphatic carbocycles. The van der Waals surface area contributed by atoms with E-state index in [2.05, 4.69) is 16.0 Å². The van der Waals surface area contributed by atoms with E-state index in [-0.39, 0.29) is 5.91 Å². The van der Waals surface area contributed by atoms with E-state index in [0.717, 1.165) is 11.1 Å². The molecule has 0 fully saturated rings. The number of nitrogens with zero attached hydrogens (tertiary/aromatic N) is 1. The summed E-state index contributed by atoms with van der Waals surface area (Å²) < 4.78 is 5.20. The number of hydrogen-bond donors (Lipinski definition) is 2. The van der Waals surface area contributed by atoms with Crippen LogP contribution in [0.25, 0.3) is 11.3 Å². The maximum Gasteiger partial charge on any atom is 0.275 e. The zero-order chi connectivity index (χ0) is 17.1. The Bertz CT molecular complexity index is 875. The number of rotatable bonds is 4. The smallest absolute Gasteiger partial charge is 0.275 e. The minimum atomic E-state index is -0.329. The average Bonchev–Trinajstić information content (AvgIpc) is 2.98. The molecule has 6 heteroatoms. The van der Waals surface area contributed by atoms with Gasteiger partial charge in [-0.25, -0.2) is 0 Å². The summed E-state index contributed by atoms with van der Waals surface area (Å²) in [5.41, 5.74) is 8.88. The number of halogens is 1. The zero-order valence-electron chi connectivity index (χ0n) is 13.3. The van der Waals surface area contributed by atoms with Crippen LogP contribution in [0.4, 0.5) is 5.69 Å². The van der Waals surface area contributed by atoms with E-state index in [1.165, 1.54) is 0 Å². The Balaban J connectivity index is 1.80. The summed E-state index contributed by atoms with van der Waals surface area (Å²) >= 11 is 6.08. The fraction of sp³-hybridized carbons (Fsp3) is 0.111. The van der Waals surface area contributed by atoms with Gasteiger partial charge >= 0.3 is 0 Å². The SMILES string of the molecule is Cc1ccc(NNC(=O)c2c(-c3ccccc3)noc2C)cc1Cl. The number of carbonyl (C=O) groups is 1. The lowest BCUT2D eigenvalue weighted by Crippen LogP contribution is -2.30. The highest BCUT2D eigenvalue weighted by atomic mass is 35.5. The third-order valence-corrected chi connectivity index (χ3v) is 4.04. The number of hydrazine groups is 1. The van der Waals surface area contributed by atoms with Crippen molar-refractivity contribution >= 4 is 23.2 Å². The number of aromatic nitrogens is 1. The molecule has 0 bridgehead atoms. The van der Waals surface area contributed by atoms with Crippen LogP contribution in [0.1, 0.15) is 21.7 Å². The van der Waals surface area contributed by atoms with E-state index in [4.69, 9.17) is 16.1 Å². The highest BCUT2D eigenvalue weighted by Gasteiger charge is 2.21. The van der Waals surface area contributed by atoms with Crippen LogP contribution in [-0.4, -0.2) is 11.1 Å². The lowest BCUT2D eigenvalue weighted by atomic mass is 10.1. The lowest BCUT2D eigenvalue weighted by Gasteiger charge is -2.10. The number of anilines is 1. The Morgan fingerprint density at radius 2 is 1.88 bits per heavy atom. The normalized spacial score (nSPS) is 10.5. The van der Waals surface area contributed by atoms with Crippen LogP contribution in [0, 0.1) is 13.8 Å². The van der Waals surface area contributed by atoms with E-state index in [1.54, 1.807) is 13.0 Å². The van der Waals surface area contributed by atoms with Crippen molar-refractivity contribution in [2.24, 2.45) is 0 Å². The first-order valence-corrected chi connectivity index (χ1v) is 7.78. The highest BCUT2D eigenvalue weighted by molar-refractivity contribution is 6.31. The molecule has 1 aromatic heterocycles. The first-order chi connectivity index (χ1) is 11.6. The van der Waals surface area contributed by atoms with Gasteiger partial charge in [0, 0.05) is 10.6 Å². The topological polar surface area (TPSA) is 67.2 Å². The van der Waals surface area contributed by atoms with Crippen LogP contribution in [0.3, 0.4) is 0 Å². The Morgan fingerprint density at radius 3 is 2.58 bits per heavy atom. The summed E-state index contributed by atoms with van der Waals surface area (Å²) in [5, 5.41) is 4.63. The van der Waals surface area contributed by atoms with E-state index in [0.29, 0.717) is 27.7 Å². The van der Waals surface area contributed by atoms with E-state index >= 15 is 0 Å². The van der Waals surface area contributed by atoms with Gasteiger partial charge < -0.3 is 4.52 Å². The fourth-order valence-electron chi connectivity index (χ4n) is 2.29. The maximum absolute atomic E-state index is 12.5. The quantitative estimate of drug-likeness (QED) is 0.691. The summed E-state index contributed by atoms with van der Waals surface area (Å²) in [6, 6.07) is 14.9. The summed E-state index contributed by atoms with van der Waals surface area (Å²) in [7, 11) is 0. The first kappa shape index (κ1) is 16.1. The van der Waals surface area contributed by atoms with Gasteiger partial charge in [-0.1, -0.05) is 53.2 Å². The van der Waals surface area contributed by atoms with Gasteiger partial charge in [0.1, 0.15) is 17.0 Å². The van der Waals surface area contributed by atoms with E-state index in [1.807, 2.05) is 49.4 Å². The van der Waals surface area contributed by atoms with Crippen molar-refractivity contribution in [3.8, 4) is 11.3 Å². The Labute approximate surface area is 144 Å². The van der Waals surface area contributed by atoms with Gasteiger partial charge in [0.05, 0.1) is 5.69 Å². The van der Waals surface area contributed by atoms with Gasteiger partial charge in [0.25, 0.3) is 5.91 Å². The third kappa shape index (κ3) is 3.26. The Kier molecular flexibility index (Phi) is 4.53. The second-order valence-corrected chi connectivity index (χ2v) is 5.78. The fourth-order valence-corrected chi connectivity index (χ4v) is 2.48. The maximum atomic E-state index is 12.5. The zero-order valence-corrected chi connectivity index (χ0v) is 14.0. The molecule has 0 aliphatic heterocycles. The molecule has 0 unspecified atom stereocenters. The summed E-state index contributed by atoms with van der Waals surface area (Å²) in [5.74, 6) is 0.124. The van der Waals surface area contributed by atoms with Crippen molar-refractivity contribution in [1.82, 2.24) is 10.6 Å². The minimum absolute atomic E-state index is 0.329. The van der Waals surface area contributed by atoms with Crippen molar-refractivity contribution in [1.29, 1.82) is 0 Å². The molecule has 24 heavy (non-hydrogen) atoms. The second kappa shape index (κ2) is 6.76. The van der Waals surface area contributed by atoms with Crippen molar-refractivity contribution in [3.63, 3.8) is 0 Å². The van der Waals surface area contributed by atoms with Crippen LogP contribution in [-0.2, 0) is 0 Å². The van der Waals surface area contributed by atoms with Gasteiger partial charge in [-0.3, -0.25) is 15.6 Å². The second-order valence-electron chi connectivity index (χ2n) is 5.37. The summed E-state index contributed by atoms with van der Waals surface area (Å²) in [6.45, 7) is 3.62. The van der Waals surface area contributed by atoms with Gasteiger partial charge in [-0.15, -0.1) is 0 Å². The van der Waals surface area contributed by atoms with E-state index in [9.17, 15) is 4.79 Å². The van der Waals surface area contributed by atoms with Crippen molar-refractivity contribution in [3.05, 3.63) is 70.4 Å². The van der Waals surface area contributed by atoms with Crippen LogP contribution in [0.5, 0.6) is 0 Å². The summed E-state index contributed by atoms with van der Waals surface area (Å²) in [6.07, 6.45) is 0. The van der Waals surface area contributed by atoms with E-state index < -0.39 is 0 Å². The first-order valence-electron chi connectivity index (χ1n) is 7.40. The van der Waals surface area contributed by atoms with Gasteiger partial charge in [0.15, 0.2) is 0 Å². The molecule has 0 radical (unpaired) electrons. The molecule has 2 N–H and O–H groups in total. The number of aryl methyl sites for hydroxylation is 2. The molecular formula is C18H16ClN3O2. The molecule has 0 saturated carbocycles. The molecule has 0 aliphatic rings. The van der Waals surface area contributed by atoms with Gasteiger partial charge in [-0.2, -0.15) is 0 Å². The molecule has 1 amide bonds. The molecule has 122 valence electrons. The standard InChI is InChI=1S/C18H16ClN3O2/c1-11-8-9-14(10-15(11)19)20-21-18(23)16-12(2)24-22-17(16)13-6-4-3-5-7-13/h3-10,20H,1-2H3,(H,21,23). The van der Waals surface area contributed by atoms with Crippen molar-refractivity contribution in [2.75, 3.05) is 5.43 Å². The lowest BCUT2D eigenvalue weighted by molar-refractivity contribution is 0.0961. The predicted molar refractivity (Wildman–Crippen MR) is 94.0 cm³/mol. The number of carbonyl (C=O) groups excluding carboxylic acids is 1. The molecule has 0 spiro atoms.